The molecule has 0 radical (unpaired) electrons. The molecule has 0 aliphatic carbocycles. The van der Waals surface area contributed by atoms with E-state index in [1.54, 1.807) is 12.1 Å². The van der Waals surface area contributed by atoms with Gasteiger partial charge in [-0.25, -0.2) is 5.84 Å². The Labute approximate surface area is 117 Å². The largest absolute Gasteiger partial charge is 0.394 e. The molecule has 1 aliphatic rings. The zero-order valence-electron chi connectivity index (χ0n) is 11.5. The van der Waals surface area contributed by atoms with Gasteiger partial charge in [-0.05, 0) is 19.1 Å². The van der Waals surface area contributed by atoms with Gasteiger partial charge in [0, 0.05) is 25.3 Å². The van der Waals surface area contributed by atoms with E-state index in [-0.39, 0.29) is 24.7 Å². The fraction of sp³-hybridized carbons (Fsp3) is 0.538. The number of hydrogen-bond donors (Lipinski definition) is 3. The summed E-state index contributed by atoms with van der Waals surface area (Å²) in [5.74, 6) is 4.71. The van der Waals surface area contributed by atoms with Crippen LogP contribution in [0.15, 0.2) is 18.3 Å². The van der Waals surface area contributed by atoms with E-state index in [1.165, 1.54) is 6.20 Å². The van der Waals surface area contributed by atoms with Crippen LogP contribution in [0, 0.1) is 0 Å². The molecule has 2 atom stereocenters. The second-order valence-electron chi connectivity index (χ2n) is 4.93. The number of rotatable bonds is 4. The van der Waals surface area contributed by atoms with Crippen LogP contribution in [-0.2, 0) is 11.3 Å². The number of nitrogens with two attached hydrogens (primary N) is 1. The molecule has 7 nitrogen and oxygen atoms in total. The van der Waals surface area contributed by atoms with Crippen molar-refractivity contribution in [3.8, 4) is 0 Å². The monoisotopic (exact) mass is 280 g/mol. The molecule has 110 valence electrons. The average molecular weight is 280 g/mol. The average Bonchev–Trinajstić information content (AvgIpc) is 2.49. The van der Waals surface area contributed by atoms with E-state index < -0.39 is 0 Å². The zero-order valence-corrected chi connectivity index (χ0v) is 11.5. The minimum absolute atomic E-state index is 0.0201. The Balaban J connectivity index is 2.00. The first-order valence-electron chi connectivity index (χ1n) is 6.56. The van der Waals surface area contributed by atoms with Crippen LogP contribution in [0.25, 0.3) is 0 Å². The summed E-state index contributed by atoms with van der Waals surface area (Å²) < 4.78 is 5.49. The molecule has 4 N–H and O–H groups in total. The number of carbonyl (C=O) groups excluding carboxylic acids is 1. The summed E-state index contributed by atoms with van der Waals surface area (Å²) in [6.45, 7) is 4.02. The third kappa shape index (κ3) is 3.51. The Bertz CT molecular complexity index is 451. The third-order valence-electron chi connectivity index (χ3n) is 3.42. The quantitative estimate of drug-likeness (QED) is 0.382. The van der Waals surface area contributed by atoms with E-state index >= 15 is 0 Å². The second kappa shape index (κ2) is 6.76. The molecule has 0 saturated carbocycles. The van der Waals surface area contributed by atoms with Crippen molar-refractivity contribution in [1.29, 1.82) is 0 Å². The highest BCUT2D eigenvalue weighted by Crippen LogP contribution is 2.14. The molecule has 1 aromatic heterocycles. The van der Waals surface area contributed by atoms with Gasteiger partial charge < -0.3 is 9.84 Å². The van der Waals surface area contributed by atoms with Gasteiger partial charge >= 0.3 is 0 Å². The van der Waals surface area contributed by atoms with Crippen molar-refractivity contribution in [2.45, 2.75) is 25.6 Å². The number of morpholine rings is 1. The van der Waals surface area contributed by atoms with Crippen LogP contribution in [0.5, 0.6) is 0 Å². The molecule has 0 aromatic carbocycles. The number of hydrogen-bond acceptors (Lipinski definition) is 6. The molecule has 2 heterocycles. The molecule has 0 spiro atoms. The topological polar surface area (TPSA) is 101 Å². The molecule has 20 heavy (non-hydrogen) atoms. The van der Waals surface area contributed by atoms with Gasteiger partial charge in [0.1, 0.15) is 0 Å². The standard InChI is InChI=1S/C13H20N4O3/c1-9-8-20-12(7-18)6-17(9)5-11-3-2-10(4-15-11)13(19)16-14/h2-4,9,12,18H,5-8,14H2,1H3,(H,16,19). The van der Waals surface area contributed by atoms with Crippen molar-refractivity contribution < 1.29 is 14.6 Å². The maximum Gasteiger partial charge on any atom is 0.266 e. The number of nitrogens with zero attached hydrogens (tertiary/aromatic N) is 2. The first kappa shape index (κ1) is 14.9. The van der Waals surface area contributed by atoms with Gasteiger partial charge in [-0.1, -0.05) is 0 Å². The number of carbonyl (C=O) groups is 1. The Kier molecular flexibility index (Phi) is 5.02. The minimum Gasteiger partial charge on any atom is -0.394 e. The predicted octanol–water partition coefficient (Wildman–Crippen LogP) is -0.733. The number of nitrogen functional groups attached to an aromatic ring is 1. The molecule has 2 unspecified atom stereocenters. The number of pyridine rings is 1. The summed E-state index contributed by atoms with van der Waals surface area (Å²) in [6.07, 6.45) is 1.36. The molecule has 1 amide bonds. The molecule has 7 heteroatoms. The van der Waals surface area contributed by atoms with Crippen molar-refractivity contribution >= 4 is 5.91 Å². The highest BCUT2D eigenvalue weighted by Gasteiger charge is 2.25. The Morgan fingerprint density at radius 3 is 3.05 bits per heavy atom. The molecule has 1 fully saturated rings. The van der Waals surface area contributed by atoms with Crippen LogP contribution in [-0.4, -0.2) is 52.8 Å². The summed E-state index contributed by atoms with van der Waals surface area (Å²) in [4.78, 5) is 17.8. The van der Waals surface area contributed by atoms with Gasteiger partial charge in [-0.3, -0.25) is 20.1 Å². The molecule has 2 rings (SSSR count). The number of aliphatic hydroxyl groups excluding tert-OH is 1. The molecule has 1 aromatic rings. The molecule has 1 saturated heterocycles. The number of aliphatic hydroxyl groups is 1. The van der Waals surface area contributed by atoms with Crippen molar-refractivity contribution in [3.05, 3.63) is 29.6 Å². The highest BCUT2D eigenvalue weighted by atomic mass is 16.5. The Morgan fingerprint density at radius 1 is 1.65 bits per heavy atom. The normalized spacial score (nSPS) is 23.6. The van der Waals surface area contributed by atoms with Crippen LogP contribution in [0.1, 0.15) is 23.0 Å². The molecule has 0 bridgehead atoms. The van der Waals surface area contributed by atoms with E-state index in [2.05, 4.69) is 22.2 Å². The van der Waals surface area contributed by atoms with Gasteiger partial charge in [0.2, 0.25) is 0 Å². The Morgan fingerprint density at radius 2 is 2.45 bits per heavy atom. The fourth-order valence-electron chi connectivity index (χ4n) is 2.15. The van der Waals surface area contributed by atoms with Gasteiger partial charge in [0.25, 0.3) is 5.91 Å². The number of hydrazine groups is 1. The summed E-state index contributed by atoms with van der Waals surface area (Å²) in [5, 5.41) is 9.16. The van der Waals surface area contributed by atoms with E-state index in [4.69, 9.17) is 15.7 Å². The first-order chi connectivity index (χ1) is 9.63. The lowest BCUT2D eigenvalue weighted by molar-refractivity contribution is -0.0808. The second-order valence-corrected chi connectivity index (χ2v) is 4.93. The summed E-state index contributed by atoms with van der Waals surface area (Å²) in [6, 6.07) is 3.77. The highest BCUT2D eigenvalue weighted by molar-refractivity contribution is 5.93. The van der Waals surface area contributed by atoms with Gasteiger partial charge in [-0.15, -0.1) is 0 Å². The van der Waals surface area contributed by atoms with Crippen molar-refractivity contribution in [1.82, 2.24) is 15.3 Å². The lowest BCUT2D eigenvalue weighted by atomic mass is 10.1. The minimum atomic E-state index is -0.357. The van der Waals surface area contributed by atoms with E-state index in [0.29, 0.717) is 25.3 Å². The third-order valence-corrected chi connectivity index (χ3v) is 3.42. The zero-order chi connectivity index (χ0) is 14.5. The van der Waals surface area contributed by atoms with Crippen molar-refractivity contribution in [3.63, 3.8) is 0 Å². The van der Waals surface area contributed by atoms with Crippen LogP contribution < -0.4 is 11.3 Å². The predicted molar refractivity (Wildman–Crippen MR) is 72.6 cm³/mol. The number of ether oxygens (including phenoxy) is 1. The number of nitrogens with one attached hydrogen (secondary N) is 1. The van der Waals surface area contributed by atoms with Crippen LogP contribution >= 0.6 is 0 Å². The summed E-state index contributed by atoms with van der Waals surface area (Å²) >= 11 is 0. The van der Waals surface area contributed by atoms with E-state index in [1.807, 2.05) is 0 Å². The Hall–Kier alpha value is -1.54. The molecule has 1 aliphatic heterocycles. The first-order valence-corrected chi connectivity index (χ1v) is 6.56. The SMILES string of the molecule is CC1COC(CO)CN1Cc1ccc(C(=O)NN)cn1. The van der Waals surface area contributed by atoms with Gasteiger partial charge in [-0.2, -0.15) is 0 Å². The van der Waals surface area contributed by atoms with Crippen molar-refractivity contribution in [2.24, 2.45) is 5.84 Å². The summed E-state index contributed by atoms with van der Waals surface area (Å²) in [5.41, 5.74) is 3.36. The lowest BCUT2D eigenvalue weighted by Crippen LogP contribution is -2.48. The summed E-state index contributed by atoms with van der Waals surface area (Å²) in [7, 11) is 0. The molecular formula is C13H20N4O3. The van der Waals surface area contributed by atoms with Crippen LogP contribution in [0.2, 0.25) is 0 Å². The fourth-order valence-corrected chi connectivity index (χ4v) is 2.15. The van der Waals surface area contributed by atoms with Crippen LogP contribution in [0.3, 0.4) is 0 Å². The van der Waals surface area contributed by atoms with Gasteiger partial charge in [0.05, 0.1) is 30.6 Å². The number of aromatic nitrogens is 1. The maximum atomic E-state index is 11.3. The van der Waals surface area contributed by atoms with Gasteiger partial charge in [0.15, 0.2) is 0 Å². The van der Waals surface area contributed by atoms with E-state index in [0.717, 1.165) is 5.69 Å². The lowest BCUT2D eigenvalue weighted by Gasteiger charge is -2.37. The smallest absolute Gasteiger partial charge is 0.266 e. The van der Waals surface area contributed by atoms with E-state index in [9.17, 15) is 4.79 Å². The van der Waals surface area contributed by atoms with Crippen LogP contribution in [0.4, 0.5) is 0 Å². The molecular weight excluding hydrogens is 260 g/mol. The number of amides is 1. The van der Waals surface area contributed by atoms with Crippen molar-refractivity contribution in [2.75, 3.05) is 19.8 Å². The maximum absolute atomic E-state index is 11.3.